The zero-order chi connectivity index (χ0) is 9.52. The van der Waals surface area contributed by atoms with Crippen LogP contribution in [0.25, 0.3) is 0 Å². The molecule has 0 atom stereocenters. The summed E-state index contributed by atoms with van der Waals surface area (Å²) in [5, 5.41) is 3.26. The minimum absolute atomic E-state index is 0.0806. The molecule has 0 bridgehead atoms. The van der Waals surface area contributed by atoms with Crippen molar-refractivity contribution in [3.8, 4) is 0 Å². The van der Waals surface area contributed by atoms with Gasteiger partial charge in [-0.2, -0.15) is 0 Å². The summed E-state index contributed by atoms with van der Waals surface area (Å²) in [5.41, 5.74) is 0. The second kappa shape index (κ2) is 6.38. The summed E-state index contributed by atoms with van der Waals surface area (Å²) in [6.45, 7) is 4.18. The van der Waals surface area contributed by atoms with E-state index in [1.54, 1.807) is 0 Å². The fourth-order valence-electron chi connectivity index (χ4n) is 1.58. The molecule has 76 valence electrons. The smallest absolute Gasteiger partial charge is 0.230 e. The lowest BCUT2D eigenvalue weighted by molar-refractivity contribution is -0.118. The van der Waals surface area contributed by atoms with E-state index >= 15 is 0 Å². The quantitative estimate of drug-likeness (QED) is 0.753. The molecular formula is C9H17BrN2O. The van der Waals surface area contributed by atoms with Crippen molar-refractivity contribution in [2.24, 2.45) is 0 Å². The predicted octanol–water partition coefficient (Wildman–Crippen LogP) is 0.983. The SMILES string of the molecule is O=C(CBr)NCCN1CCCCC1. The van der Waals surface area contributed by atoms with Gasteiger partial charge in [-0.05, 0) is 25.9 Å². The van der Waals surface area contributed by atoms with Crippen molar-refractivity contribution in [1.29, 1.82) is 0 Å². The van der Waals surface area contributed by atoms with Crippen LogP contribution in [0.5, 0.6) is 0 Å². The van der Waals surface area contributed by atoms with Crippen molar-refractivity contribution < 1.29 is 4.79 Å². The summed E-state index contributed by atoms with van der Waals surface area (Å²) < 4.78 is 0. The molecule has 0 aromatic rings. The molecule has 0 spiro atoms. The topological polar surface area (TPSA) is 32.3 Å². The van der Waals surface area contributed by atoms with Crippen LogP contribution in [0.4, 0.5) is 0 Å². The Kier molecular flexibility index (Phi) is 5.39. The number of carbonyl (C=O) groups excluding carboxylic acids is 1. The molecule has 0 unspecified atom stereocenters. The number of piperidine rings is 1. The largest absolute Gasteiger partial charge is 0.354 e. The lowest BCUT2D eigenvalue weighted by Gasteiger charge is -2.26. The van der Waals surface area contributed by atoms with Gasteiger partial charge < -0.3 is 10.2 Å². The van der Waals surface area contributed by atoms with Crippen LogP contribution in [-0.2, 0) is 4.79 Å². The van der Waals surface area contributed by atoms with Crippen molar-refractivity contribution >= 4 is 21.8 Å². The number of rotatable bonds is 4. The number of alkyl halides is 1. The van der Waals surface area contributed by atoms with Crippen molar-refractivity contribution in [2.75, 3.05) is 31.5 Å². The van der Waals surface area contributed by atoms with E-state index in [0.717, 1.165) is 13.1 Å². The molecule has 4 heteroatoms. The maximum Gasteiger partial charge on any atom is 0.230 e. The van der Waals surface area contributed by atoms with Gasteiger partial charge in [0.2, 0.25) is 5.91 Å². The molecule has 1 rings (SSSR count). The van der Waals surface area contributed by atoms with Crippen LogP contribution in [0.1, 0.15) is 19.3 Å². The Hall–Kier alpha value is -0.0900. The van der Waals surface area contributed by atoms with Gasteiger partial charge in [-0.1, -0.05) is 22.4 Å². The highest BCUT2D eigenvalue weighted by Gasteiger charge is 2.09. The van der Waals surface area contributed by atoms with Crippen LogP contribution in [0, 0.1) is 0 Å². The first kappa shape index (κ1) is 11.0. The molecule has 1 saturated heterocycles. The fraction of sp³-hybridized carbons (Fsp3) is 0.889. The molecule has 1 aliphatic rings. The number of nitrogens with one attached hydrogen (secondary N) is 1. The van der Waals surface area contributed by atoms with Crippen LogP contribution >= 0.6 is 15.9 Å². The van der Waals surface area contributed by atoms with E-state index in [4.69, 9.17) is 0 Å². The average molecular weight is 249 g/mol. The summed E-state index contributed by atoms with van der Waals surface area (Å²) >= 11 is 3.12. The first-order valence-corrected chi connectivity index (χ1v) is 6.00. The Morgan fingerprint density at radius 2 is 2.00 bits per heavy atom. The molecule has 0 radical (unpaired) electrons. The summed E-state index contributed by atoms with van der Waals surface area (Å²) in [5.74, 6) is 0.0806. The molecular weight excluding hydrogens is 232 g/mol. The molecule has 1 fully saturated rings. The van der Waals surface area contributed by atoms with Gasteiger partial charge in [0.1, 0.15) is 0 Å². The second-order valence-electron chi connectivity index (χ2n) is 3.39. The number of hydrogen-bond donors (Lipinski definition) is 1. The predicted molar refractivity (Wildman–Crippen MR) is 57.1 cm³/mol. The third-order valence-electron chi connectivity index (χ3n) is 2.32. The van der Waals surface area contributed by atoms with Gasteiger partial charge in [-0.25, -0.2) is 0 Å². The highest BCUT2D eigenvalue weighted by atomic mass is 79.9. The van der Waals surface area contributed by atoms with Crippen LogP contribution in [0.2, 0.25) is 0 Å². The maximum atomic E-state index is 10.9. The van der Waals surface area contributed by atoms with Gasteiger partial charge in [0.05, 0.1) is 5.33 Å². The summed E-state index contributed by atoms with van der Waals surface area (Å²) in [6.07, 6.45) is 3.99. The first-order valence-electron chi connectivity index (χ1n) is 4.88. The standard InChI is InChI=1S/C9H17BrN2O/c10-8-9(13)11-4-7-12-5-2-1-3-6-12/h1-8H2,(H,11,13). The second-order valence-corrected chi connectivity index (χ2v) is 3.95. The molecule has 3 nitrogen and oxygen atoms in total. The molecule has 1 amide bonds. The van der Waals surface area contributed by atoms with Crippen LogP contribution in [-0.4, -0.2) is 42.3 Å². The van der Waals surface area contributed by atoms with Gasteiger partial charge in [-0.15, -0.1) is 0 Å². The van der Waals surface area contributed by atoms with E-state index in [2.05, 4.69) is 26.1 Å². The van der Waals surface area contributed by atoms with E-state index in [1.165, 1.54) is 32.4 Å². The average Bonchev–Trinajstić information content (AvgIpc) is 2.19. The van der Waals surface area contributed by atoms with E-state index in [-0.39, 0.29) is 5.91 Å². The molecule has 1 N–H and O–H groups in total. The zero-order valence-electron chi connectivity index (χ0n) is 7.89. The monoisotopic (exact) mass is 248 g/mol. The van der Waals surface area contributed by atoms with Crippen LogP contribution < -0.4 is 5.32 Å². The number of carbonyl (C=O) groups is 1. The Balaban J connectivity index is 2.01. The number of likely N-dealkylation sites (tertiary alicyclic amines) is 1. The normalized spacial score (nSPS) is 18.5. The lowest BCUT2D eigenvalue weighted by atomic mass is 10.1. The van der Waals surface area contributed by atoms with Crippen molar-refractivity contribution in [1.82, 2.24) is 10.2 Å². The molecule has 0 aromatic heterocycles. The highest BCUT2D eigenvalue weighted by molar-refractivity contribution is 9.09. The molecule has 1 aliphatic heterocycles. The molecule has 1 heterocycles. The van der Waals surface area contributed by atoms with Gasteiger partial charge in [0, 0.05) is 13.1 Å². The lowest BCUT2D eigenvalue weighted by Crippen LogP contribution is -2.37. The highest BCUT2D eigenvalue weighted by Crippen LogP contribution is 2.07. The van der Waals surface area contributed by atoms with E-state index < -0.39 is 0 Å². The molecule has 0 aliphatic carbocycles. The van der Waals surface area contributed by atoms with Crippen LogP contribution in [0.15, 0.2) is 0 Å². The third-order valence-corrected chi connectivity index (χ3v) is 2.83. The summed E-state index contributed by atoms with van der Waals surface area (Å²) in [6, 6.07) is 0. The van der Waals surface area contributed by atoms with Crippen LogP contribution in [0.3, 0.4) is 0 Å². The van der Waals surface area contributed by atoms with Gasteiger partial charge in [0.25, 0.3) is 0 Å². The maximum absolute atomic E-state index is 10.9. The van der Waals surface area contributed by atoms with E-state index in [0.29, 0.717) is 5.33 Å². The summed E-state index contributed by atoms with van der Waals surface area (Å²) in [7, 11) is 0. The number of nitrogens with zero attached hydrogens (tertiary/aromatic N) is 1. The Morgan fingerprint density at radius 3 is 2.62 bits per heavy atom. The minimum atomic E-state index is 0.0806. The fourth-order valence-corrected chi connectivity index (χ4v) is 1.78. The molecule has 13 heavy (non-hydrogen) atoms. The minimum Gasteiger partial charge on any atom is -0.354 e. The third kappa shape index (κ3) is 4.62. The Labute approximate surface area is 88.0 Å². The number of amides is 1. The summed E-state index contributed by atoms with van der Waals surface area (Å²) in [4.78, 5) is 13.3. The zero-order valence-corrected chi connectivity index (χ0v) is 9.48. The first-order chi connectivity index (χ1) is 6.33. The van der Waals surface area contributed by atoms with E-state index in [9.17, 15) is 4.79 Å². The number of halogens is 1. The van der Waals surface area contributed by atoms with Crippen molar-refractivity contribution in [3.63, 3.8) is 0 Å². The van der Waals surface area contributed by atoms with E-state index in [1.807, 2.05) is 0 Å². The van der Waals surface area contributed by atoms with Crippen molar-refractivity contribution in [3.05, 3.63) is 0 Å². The van der Waals surface area contributed by atoms with Crippen molar-refractivity contribution in [2.45, 2.75) is 19.3 Å². The number of hydrogen-bond acceptors (Lipinski definition) is 2. The Morgan fingerprint density at radius 1 is 1.31 bits per heavy atom. The Bertz CT molecular complexity index is 158. The molecule has 0 saturated carbocycles. The molecule has 0 aromatic carbocycles. The van der Waals surface area contributed by atoms with Gasteiger partial charge in [-0.3, -0.25) is 4.79 Å². The van der Waals surface area contributed by atoms with Gasteiger partial charge in [0.15, 0.2) is 0 Å². The van der Waals surface area contributed by atoms with Gasteiger partial charge >= 0.3 is 0 Å².